The first-order valence-corrected chi connectivity index (χ1v) is 14.0. The van der Waals surface area contributed by atoms with Crippen LogP contribution in [0.1, 0.15) is 70.6 Å². The Balaban J connectivity index is 1.39. The first-order valence-electron chi connectivity index (χ1n) is 14.0. The van der Waals surface area contributed by atoms with Gasteiger partial charge in [0.25, 0.3) is 0 Å². The van der Waals surface area contributed by atoms with E-state index < -0.39 is 12.1 Å². The zero-order valence-electron chi connectivity index (χ0n) is 21.6. The smallest absolute Gasteiger partial charge is 0.387 e. The number of carbonyl (C=O) groups excluding carboxylic acids is 2. The van der Waals surface area contributed by atoms with Gasteiger partial charge in [-0.2, -0.15) is 13.2 Å². The molecule has 0 bridgehead atoms. The quantitative estimate of drug-likeness (QED) is 0.298. The summed E-state index contributed by atoms with van der Waals surface area (Å²) in [5.74, 6) is -0.498. The van der Waals surface area contributed by atoms with Crippen molar-refractivity contribution in [1.82, 2.24) is 15.1 Å². The van der Waals surface area contributed by atoms with Gasteiger partial charge in [-0.25, -0.2) is 0 Å². The minimum atomic E-state index is -4.13. The molecule has 4 rings (SSSR count). The molecule has 2 saturated heterocycles. The van der Waals surface area contributed by atoms with Gasteiger partial charge in [-0.3, -0.25) is 19.9 Å². The van der Waals surface area contributed by atoms with Crippen molar-refractivity contribution in [1.29, 1.82) is 5.41 Å². The number of hydrogen-bond acceptors (Lipinski definition) is 5. The van der Waals surface area contributed by atoms with Crippen molar-refractivity contribution in [3.63, 3.8) is 0 Å². The molecular formula is C26H43F3N6O2. The largest absolute Gasteiger partial charge is 0.391 e. The molecule has 0 aromatic heterocycles. The highest BCUT2D eigenvalue weighted by molar-refractivity contribution is 5.83. The number of rotatable bonds is 7. The summed E-state index contributed by atoms with van der Waals surface area (Å²) in [6.07, 6.45) is 2.23. The summed E-state index contributed by atoms with van der Waals surface area (Å²) in [6, 6.07) is -0.168. The normalized spacial score (nSPS) is 33.7. The molecule has 6 N–H and O–H groups in total. The van der Waals surface area contributed by atoms with Gasteiger partial charge in [0, 0.05) is 50.6 Å². The van der Waals surface area contributed by atoms with Crippen LogP contribution in [0.15, 0.2) is 0 Å². The molecule has 4 atom stereocenters. The Bertz CT molecular complexity index is 824. The van der Waals surface area contributed by atoms with E-state index >= 15 is 0 Å². The van der Waals surface area contributed by atoms with Crippen LogP contribution in [0, 0.1) is 29.1 Å². The van der Waals surface area contributed by atoms with Crippen molar-refractivity contribution in [2.75, 3.05) is 26.2 Å². The van der Waals surface area contributed by atoms with E-state index in [1.807, 2.05) is 4.90 Å². The van der Waals surface area contributed by atoms with Gasteiger partial charge in [-0.05, 0) is 76.0 Å². The van der Waals surface area contributed by atoms with Crippen LogP contribution in [0.25, 0.3) is 0 Å². The Morgan fingerprint density at radius 1 is 0.973 bits per heavy atom. The summed E-state index contributed by atoms with van der Waals surface area (Å²) in [6.45, 7) is 2.16. The summed E-state index contributed by atoms with van der Waals surface area (Å²) < 4.78 is 39.6. The number of fused-ring (bicyclic) bond motifs is 1. The molecule has 0 aromatic carbocycles. The Morgan fingerprint density at radius 3 is 2.24 bits per heavy atom. The molecule has 11 heteroatoms. The van der Waals surface area contributed by atoms with Gasteiger partial charge >= 0.3 is 6.18 Å². The maximum absolute atomic E-state index is 13.6. The first-order chi connectivity index (χ1) is 17.6. The highest BCUT2D eigenvalue weighted by atomic mass is 19.4. The average Bonchev–Trinajstić information content (AvgIpc) is 3.22. The number of halogens is 3. The van der Waals surface area contributed by atoms with E-state index in [4.69, 9.17) is 16.9 Å². The van der Waals surface area contributed by atoms with Crippen molar-refractivity contribution in [2.24, 2.45) is 35.1 Å². The molecule has 2 heterocycles. The van der Waals surface area contributed by atoms with Gasteiger partial charge in [0.05, 0.1) is 17.8 Å². The maximum Gasteiger partial charge on any atom is 0.391 e. The molecule has 37 heavy (non-hydrogen) atoms. The molecule has 8 nitrogen and oxygen atoms in total. The molecule has 2 saturated carbocycles. The minimum absolute atomic E-state index is 0.00177. The Hall–Kier alpha value is -1.88. The lowest BCUT2D eigenvalue weighted by atomic mass is 9.77. The van der Waals surface area contributed by atoms with E-state index in [0.29, 0.717) is 64.2 Å². The fourth-order valence-corrected chi connectivity index (χ4v) is 7.17. The first kappa shape index (κ1) is 28.1. The van der Waals surface area contributed by atoms with Crippen LogP contribution >= 0.6 is 0 Å². The van der Waals surface area contributed by atoms with Crippen molar-refractivity contribution in [2.45, 2.75) is 94.9 Å². The van der Waals surface area contributed by atoms with E-state index in [0.717, 1.165) is 25.7 Å². The van der Waals surface area contributed by atoms with Crippen LogP contribution in [-0.2, 0) is 9.59 Å². The number of hydrogen-bond donors (Lipinski definition) is 4. The molecule has 4 unspecified atom stereocenters. The summed E-state index contributed by atoms with van der Waals surface area (Å²) >= 11 is 0. The van der Waals surface area contributed by atoms with Crippen LogP contribution in [0.3, 0.4) is 0 Å². The molecule has 2 aliphatic carbocycles. The second kappa shape index (κ2) is 11.9. The zero-order valence-corrected chi connectivity index (χ0v) is 21.6. The lowest BCUT2D eigenvalue weighted by Crippen LogP contribution is -2.53. The molecule has 2 amide bonds. The van der Waals surface area contributed by atoms with E-state index in [2.05, 4.69) is 10.2 Å². The minimum Gasteiger partial charge on any atom is -0.387 e. The average molecular weight is 529 g/mol. The maximum atomic E-state index is 13.6. The van der Waals surface area contributed by atoms with Crippen LogP contribution in [-0.4, -0.2) is 77.9 Å². The number of nitrogens with one attached hydrogen (secondary N) is 2. The van der Waals surface area contributed by atoms with Gasteiger partial charge in [-0.1, -0.05) is 0 Å². The van der Waals surface area contributed by atoms with Crippen LogP contribution < -0.4 is 16.8 Å². The third-order valence-electron chi connectivity index (χ3n) is 9.38. The topological polar surface area (TPSA) is 129 Å². The SMILES string of the molecule is N=C(N)C1CCC2CC(C(=O)NC3CCN(C(=O)CCN)CC3)N(CC3CCC(C(F)(F)F)CC3)C2C1. The lowest BCUT2D eigenvalue weighted by molar-refractivity contribution is -0.184. The van der Waals surface area contributed by atoms with Gasteiger partial charge in [0.2, 0.25) is 11.8 Å². The fraction of sp³-hybridized carbons (Fsp3) is 0.885. The van der Waals surface area contributed by atoms with Crippen LogP contribution in [0.5, 0.6) is 0 Å². The summed E-state index contributed by atoms with van der Waals surface area (Å²) in [5.41, 5.74) is 11.4. The molecule has 0 aromatic rings. The van der Waals surface area contributed by atoms with Gasteiger partial charge in [-0.15, -0.1) is 0 Å². The number of piperidine rings is 1. The highest BCUT2D eigenvalue weighted by Gasteiger charge is 2.49. The number of amidine groups is 1. The van der Waals surface area contributed by atoms with E-state index in [9.17, 15) is 22.8 Å². The molecule has 0 radical (unpaired) electrons. The van der Waals surface area contributed by atoms with Crippen LogP contribution in [0.4, 0.5) is 13.2 Å². The van der Waals surface area contributed by atoms with Crippen molar-refractivity contribution in [3.8, 4) is 0 Å². The number of amides is 2. The summed E-state index contributed by atoms with van der Waals surface area (Å²) in [7, 11) is 0. The van der Waals surface area contributed by atoms with E-state index in [1.165, 1.54) is 0 Å². The Morgan fingerprint density at radius 2 is 1.65 bits per heavy atom. The third-order valence-corrected chi connectivity index (χ3v) is 9.38. The predicted molar refractivity (Wildman–Crippen MR) is 135 cm³/mol. The molecule has 0 spiro atoms. The van der Waals surface area contributed by atoms with Crippen molar-refractivity contribution in [3.05, 3.63) is 0 Å². The number of likely N-dealkylation sites (tertiary alicyclic amines) is 2. The monoisotopic (exact) mass is 528 g/mol. The van der Waals surface area contributed by atoms with Crippen LogP contribution in [0.2, 0.25) is 0 Å². The van der Waals surface area contributed by atoms with Gasteiger partial charge < -0.3 is 21.7 Å². The van der Waals surface area contributed by atoms with Gasteiger partial charge in [0.15, 0.2) is 0 Å². The molecular weight excluding hydrogens is 485 g/mol. The predicted octanol–water partition coefficient (Wildman–Crippen LogP) is 2.61. The Kier molecular flexibility index (Phi) is 9.04. The lowest BCUT2D eigenvalue weighted by Gasteiger charge is -2.40. The molecule has 4 fully saturated rings. The van der Waals surface area contributed by atoms with Crippen molar-refractivity contribution >= 4 is 17.6 Å². The fourth-order valence-electron chi connectivity index (χ4n) is 7.17. The number of alkyl halides is 3. The molecule has 210 valence electrons. The molecule has 4 aliphatic rings. The van der Waals surface area contributed by atoms with Crippen molar-refractivity contribution < 1.29 is 22.8 Å². The van der Waals surface area contributed by atoms with Gasteiger partial charge in [0.1, 0.15) is 0 Å². The second-order valence-corrected chi connectivity index (χ2v) is 11.7. The number of nitrogens with zero attached hydrogens (tertiary/aromatic N) is 2. The van der Waals surface area contributed by atoms with E-state index in [1.54, 1.807) is 0 Å². The van der Waals surface area contributed by atoms with E-state index in [-0.39, 0.29) is 60.5 Å². The zero-order chi connectivity index (χ0) is 26.7. The molecule has 2 aliphatic heterocycles. The summed E-state index contributed by atoms with van der Waals surface area (Å²) in [5, 5.41) is 11.2. The second-order valence-electron chi connectivity index (χ2n) is 11.7. The Labute approximate surface area is 217 Å². The number of carbonyl (C=O) groups is 2. The number of nitrogens with two attached hydrogens (primary N) is 2. The highest BCUT2D eigenvalue weighted by Crippen LogP contribution is 2.45. The third kappa shape index (κ3) is 6.77. The standard InChI is InChI=1S/C26H43F3N6O2/c27-26(28,29)19-5-1-16(2-6-19)15-35-21-14-18(24(31)32)4-3-17(21)13-22(35)25(37)33-20-8-11-34(12-9-20)23(36)7-10-30/h16-22H,1-15,30H2,(H3,31,32)(H,33,37). The summed E-state index contributed by atoms with van der Waals surface area (Å²) in [4.78, 5) is 29.8.